The summed E-state index contributed by atoms with van der Waals surface area (Å²) in [4.78, 5) is 23.4. The van der Waals surface area contributed by atoms with Gasteiger partial charge in [-0.05, 0) is 5.48 Å². The average molecular weight is 101 g/mol. The standard InChI is InChI=1S/C2HN2O3/c5-1-3-2(6)7-4-1/h(H,3,5,6). The Morgan fingerprint density at radius 2 is 2.29 bits per heavy atom. The first-order valence-electron chi connectivity index (χ1n) is 1.52. The molecule has 1 radical (unpaired) electrons. The molecule has 5 heteroatoms. The summed E-state index contributed by atoms with van der Waals surface area (Å²) >= 11 is 0. The average Bonchev–Trinajstić information content (AvgIpc) is 1.87. The lowest BCUT2D eigenvalue weighted by Crippen LogP contribution is -2.18. The Bertz CT molecular complexity index is 106. The van der Waals surface area contributed by atoms with Gasteiger partial charge in [0.1, 0.15) is 0 Å². The molecule has 0 saturated carbocycles. The Morgan fingerprint density at radius 1 is 1.57 bits per heavy atom. The van der Waals surface area contributed by atoms with Crippen LogP contribution in [0, 0.1) is 0 Å². The summed E-state index contributed by atoms with van der Waals surface area (Å²) in [6.45, 7) is 0. The van der Waals surface area contributed by atoms with Crippen LogP contribution in [-0.4, -0.2) is 12.1 Å². The third-order valence-electron chi connectivity index (χ3n) is 0.420. The Balaban J connectivity index is 2.55. The highest BCUT2D eigenvalue weighted by atomic mass is 16.7. The first kappa shape index (κ1) is 3.91. The van der Waals surface area contributed by atoms with Gasteiger partial charge in [0.05, 0.1) is 0 Å². The van der Waals surface area contributed by atoms with E-state index in [4.69, 9.17) is 0 Å². The van der Waals surface area contributed by atoms with Crippen molar-refractivity contribution < 1.29 is 14.4 Å². The quantitative estimate of drug-likeness (QED) is 0.441. The van der Waals surface area contributed by atoms with E-state index in [1.54, 1.807) is 5.32 Å². The third kappa shape index (κ3) is 0.594. The fraction of sp³-hybridized carbons (Fsp3) is 0. The molecule has 1 heterocycles. The molecule has 1 aliphatic heterocycles. The topological polar surface area (TPSA) is 69.5 Å². The van der Waals surface area contributed by atoms with Gasteiger partial charge in [-0.1, -0.05) is 0 Å². The maximum atomic E-state index is 9.83. The summed E-state index contributed by atoms with van der Waals surface area (Å²) in [6.07, 6.45) is -0.815. The number of urea groups is 1. The number of imide groups is 1. The molecule has 0 bridgehead atoms. The minimum atomic E-state index is -0.815. The Hall–Kier alpha value is -1.26. The second-order valence-corrected chi connectivity index (χ2v) is 0.900. The van der Waals surface area contributed by atoms with Gasteiger partial charge in [0.15, 0.2) is 0 Å². The third-order valence-corrected chi connectivity index (χ3v) is 0.420. The highest BCUT2D eigenvalue weighted by Crippen LogP contribution is 1.82. The van der Waals surface area contributed by atoms with Gasteiger partial charge in [-0.3, -0.25) is 4.84 Å². The molecule has 0 atom stereocenters. The van der Waals surface area contributed by atoms with Crippen LogP contribution in [0.4, 0.5) is 9.59 Å². The van der Waals surface area contributed by atoms with Gasteiger partial charge < -0.3 is 0 Å². The number of carbonyl (C=O) groups excluding carboxylic acids is 2. The summed E-state index contributed by atoms with van der Waals surface area (Å²) in [5, 5.41) is 1.75. The van der Waals surface area contributed by atoms with Crippen LogP contribution in [0.3, 0.4) is 0 Å². The van der Waals surface area contributed by atoms with Crippen molar-refractivity contribution in [2.75, 3.05) is 0 Å². The number of hydrogen-bond donors (Lipinski definition) is 1. The maximum absolute atomic E-state index is 9.83. The van der Waals surface area contributed by atoms with Crippen LogP contribution in [0.25, 0.3) is 0 Å². The van der Waals surface area contributed by atoms with Crippen LogP contribution in [0.1, 0.15) is 0 Å². The second-order valence-electron chi connectivity index (χ2n) is 0.900. The first-order valence-corrected chi connectivity index (χ1v) is 1.52. The van der Waals surface area contributed by atoms with Crippen LogP contribution in [0.2, 0.25) is 0 Å². The van der Waals surface area contributed by atoms with Crippen LogP contribution in [0.15, 0.2) is 0 Å². The molecule has 1 rings (SSSR count). The molecule has 0 spiro atoms. The van der Waals surface area contributed by atoms with Gasteiger partial charge in [-0.15, -0.1) is 0 Å². The number of amides is 3. The van der Waals surface area contributed by atoms with E-state index in [2.05, 4.69) is 10.3 Å². The van der Waals surface area contributed by atoms with E-state index in [0.717, 1.165) is 0 Å². The highest BCUT2D eigenvalue weighted by Gasteiger charge is 2.19. The fourth-order valence-corrected chi connectivity index (χ4v) is 0.216. The normalized spacial score (nSPS) is 17.7. The van der Waals surface area contributed by atoms with E-state index in [-0.39, 0.29) is 0 Å². The van der Waals surface area contributed by atoms with Gasteiger partial charge in [-0.25, -0.2) is 14.9 Å². The molecule has 0 aliphatic carbocycles. The molecular formula is C2HN2O3. The molecule has 7 heavy (non-hydrogen) atoms. The minimum Gasteiger partial charge on any atom is -0.292 e. The summed E-state index contributed by atoms with van der Waals surface area (Å²) < 4.78 is 0. The van der Waals surface area contributed by atoms with Crippen molar-refractivity contribution >= 4 is 12.1 Å². The van der Waals surface area contributed by atoms with Crippen molar-refractivity contribution in [1.82, 2.24) is 10.8 Å². The molecule has 1 fully saturated rings. The summed E-state index contributed by atoms with van der Waals surface area (Å²) in [6, 6.07) is -0.745. The van der Waals surface area contributed by atoms with Crippen LogP contribution >= 0.6 is 0 Å². The molecule has 1 saturated heterocycles. The van der Waals surface area contributed by atoms with Gasteiger partial charge in [-0.2, -0.15) is 0 Å². The number of hydroxylamine groups is 1. The predicted molar refractivity (Wildman–Crippen MR) is 17.1 cm³/mol. The maximum Gasteiger partial charge on any atom is 0.441 e. The van der Waals surface area contributed by atoms with Gasteiger partial charge in [0.2, 0.25) is 0 Å². The van der Waals surface area contributed by atoms with Crippen LogP contribution in [-0.2, 0) is 4.84 Å². The zero-order chi connectivity index (χ0) is 5.28. The molecule has 37 valence electrons. The van der Waals surface area contributed by atoms with Gasteiger partial charge >= 0.3 is 12.1 Å². The number of nitrogens with zero attached hydrogens (tertiary/aromatic N) is 1. The molecule has 0 aromatic heterocycles. The van der Waals surface area contributed by atoms with E-state index in [1.165, 1.54) is 0 Å². The van der Waals surface area contributed by atoms with E-state index in [9.17, 15) is 9.59 Å². The minimum absolute atomic E-state index is 0.745. The molecule has 3 amide bonds. The van der Waals surface area contributed by atoms with Crippen molar-refractivity contribution in [3.8, 4) is 0 Å². The van der Waals surface area contributed by atoms with Crippen molar-refractivity contribution in [3.63, 3.8) is 0 Å². The molecule has 5 nitrogen and oxygen atoms in total. The van der Waals surface area contributed by atoms with Crippen molar-refractivity contribution in [2.45, 2.75) is 0 Å². The highest BCUT2D eigenvalue weighted by molar-refractivity contribution is 5.94. The summed E-state index contributed by atoms with van der Waals surface area (Å²) in [5.74, 6) is 0. The number of carbonyl (C=O) groups is 2. The van der Waals surface area contributed by atoms with Crippen LogP contribution in [0.5, 0.6) is 0 Å². The molecule has 1 N–H and O–H groups in total. The summed E-state index contributed by atoms with van der Waals surface area (Å²) in [5.41, 5.74) is 2.72. The second kappa shape index (κ2) is 1.11. The smallest absolute Gasteiger partial charge is 0.292 e. The first-order chi connectivity index (χ1) is 3.29. The molecule has 0 aromatic carbocycles. The lowest BCUT2D eigenvalue weighted by atomic mass is 11.0. The van der Waals surface area contributed by atoms with E-state index >= 15 is 0 Å². The van der Waals surface area contributed by atoms with Gasteiger partial charge in [0.25, 0.3) is 0 Å². The fourth-order valence-electron chi connectivity index (χ4n) is 0.216. The van der Waals surface area contributed by atoms with Gasteiger partial charge in [0, 0.05) is 0 Å². The largest absolute Gasteiger partial charge is 0.441 e. The zero-order valence-corrected chi connectivity index (χ0v) is 3.17. The molecule has 0 aromatic rings. The van der Waals surface area contributed by atoms with E-state index in [1.807, 2.05) is 0 Å². The molecule has 1 aliphatic rings. The Morgan fingerprint density at radius 3 is 2.43 bits per heavy atom. The number of rotatable bonds is 0. The van der Waals surface area contributed by atoms with Crippen molar-refractivity contribution in [3.05, 3.63) is 0 Å². The van der Waals surface area contributed by atoms with Crippen molar-refractivity contribution in [2.24, 2.45) is 0 Å². The lowest BCUT2D eigenvalue weighted by molar-refractivity contribution is 0.131. The lowest BCUT2D eigenvalue weighted by Gasteiger charge is -1.73. The monoisotopic (exact) mass is 101 g/mol. The molecule has 0 unspecified atom stereocenters. The SMILES string of the molecule is O=C1[N]OC(=O)N1. The van der Waals surface area contributed by atoms with E-state index in [0.29, 0.717) is 0 Å². The number of hydrogen-bond acceptors (Lipinski definition) is 3. The van der Waals surface area contributed by atoms with Crippen LogP contribution < -0.4 is 10.8 Å². The number of nitrogens with one attached hydrogen (secondary N) is 1. The van der Waals surface area contributed by atoms with E-state index < -0.39 is 12.1 Å². The molecular weight excluding hydrogens is 100 g/mol. The van der Waals surface area contributed by atoms with Crippen molar-refractivity contribution in [1.29, 1.82) is 0 Å². The Labute approximate surface area is 38.6 Å². The Kier molecular flexibility index (Phi) is 0.619. The zero-order valence-electron chi connectivity index (χ0n) is 3.17. The summed E-state index contributed by atoms with van der Waals surface area (Å²) in [7, 11) is 0. The predicted octanol–water partition coefficient (Wildman–Crippen LogP) is -0.634.